The molecule has 0 radical (unpaired) electrons. The molecule has 0 fully saturated rings. The molecule has 1 aromatic heterocycles. The quantitative estimate of drug-likeness (QED) is 0.715. The van der Waals surface area contributed by atoms with E-state index >= 15 is 0 Å². The van der Waals surface area contributed by atoms with Crippen LogP contribution in [0.4, 0.5) is 4.39 Å². The first-order valence-electron chi connectivity index (χ1n) is 7.46. The molecule has 1 N–H and O–H groups in total. The van der Waals surface area contributed by atoms with Gasteiger partial charge in [0.1, 0.15) is 5.82 Å². The molecule has 0 atom stereocenters. The highest BCUT2D eigenvalue weighted by Crippen LogP contribution is 2.30. The van der Waals surface area contributed by atoms with E-state index in [1.807, 2.05) is 18.2 Å². The van der Waals surface area contributed by atoms with Crippen molar-refractivity contribution in [3.63, 3.8) is 0 Å². The lowest BCUT2D eigenvalue weighted by molar-refractivity contribution is 0.0730. The Kier molecular flexibility index (Phi) is 3.34. The van der Waals surface area contributed by atoms with Crippen molar-refractivity contribution < 1.29 is 9.18 Å². The fourth-order valence-electron chi connectivity index (χ4n) is 3.16. The molecule has 3 aromatic rings. The summed E-state index contributed by atoms with van der Waals surface area (Å²) in [6, 6.07) is 11.8. The minimum Gasteiger partial charge on any atom is -0.358 e. The van der Waals surface area contributed by atoms with Gasteiger partial charge in [0.2, 0.25) is 0 Å². The van der Waals surface area contributed by atoms with Crippen LogP contribution < -0.4 is 0 Å². The Hall–Kier alpha value is -2.33. The van der Waals surface area contributed by atoms with E-state index in [2.05, 4.69) is 4.98 Å². The predicted octanol–water partition coefficient (Wildman–Crippen LogP) is 4.16. The molecule has 0 bridgehead atoms. The Bertz CT molecular complexity index is 919. The Morgan fingerprint density at radius 1 is 1.22 bits per heavy atom. The first-order chi connectivity index (χ1) is 11.1. The zero-order chi connectivity index (χ0) is 16.0. The van der Waals surface area contributed by atoms with Crippen LogP contribution in [0.25, 0.3) is 10.9 Å². The van der Waals surface area contributed by atoms with E-state index in [1.54, 1.807) is 17.0 Å². The number of hydrogen-bond donors (Lipinski definition) is 1. The Labute approximate surface area is 137 Å². The second kappa shape index (κ2) is 5.39. The summed E-state index contributed by atoms with van der Waals surface area (Å²) in [5.41, 5.74) is 3.33. The maximum Gasteiger partial charge on any atom is 0.257 e. The van der Waals surface area contributed by atoms with Gasteiger partial charge in [-0.2, -0.15) is 0 Å². The number of hydrogen-bond acceptors (Lipinski definition) is 1. The van der Waals surface area contributed by atoms with Crippen molar-refractivity contribution in [3.05, 3.63) is 70.1 Å². The van der Waals surface area contributed by atoms with Gasteiger partial charge >= 0.3 is 0 Å². The van der Waals surface area contributed by atoms with Gasteiger partial charge in [-0.15, -0.1) is 0 Å². The topological polar surface area (TPSA) is 36.1 Å². The third-order valence-corrected chi connectivity index (χ3v) is 4.56. The lowest BCUT2D eigenvalue weighted by Crippen LogP contribution is -2.36. The molecule has 1 aliphatic rings. The highest BCUT2D eigenvalue weighted by Gasteiger charge is 2.26. The van der Waals surface area contributed by atoms with Gasteiger partial charge in [0.05, 0.1) is 5.56 Å². The van der Waals surface area contributed by atoms with Gasteiger partial charge in [-0.1, -0.05) is 23.7 Å². The van der Waals surface area contributed by atoms with E-state index in [4.69, 9.17) is 11.6 Å². The summed E-state index contributed by atoms with van der Waals surface area (Å²) in [4.78, 5) is 17.7. The maximum absolute atomic E-state index is 13.9. The van der Waals surface area contributed by atoms with Crippen molar-refractivity contribution in [2.45, 2.75) is 13.0 Å². The number of aromatic nitrogens is 1. The standard InChI is InChI=1S/C18H14ClFN2O/c19-11-5-6-16-13(9-11)14-10-22(8-7-17(14)21-16)18(23)12-3-1-2-4-15(12)20/h1-6,9,21H,7-8,10H2. The SMILES string of the molecule is O=C(c1ccccc1F)N1CCc2[nH]c3ccc(Cl)cc3c2C1. The number of nitrogens with zero attached hydrogens (tertiary/aromatic N) is 1. The van der Waals surface area contributed by atoms with Crippen LogP contribution in [0, 0.1) is 5.82 Å². The average molecular weight is 329 g/mol. The monoisotopic (exact) mass is 328 g/mol. The van der Waals surface area contributed by atoms with E-state index in [1.165, 1.54) is 12.1 Å². The Morgan fingerprint density at radius 3 is 2.87 bits per heavy atom. The maximum atomic E-state index is 13.9. The van der Waals surface area contributed by atoms with Gasteiger partial charge in [-0.05, 0) is 30.3 Å². The smallest absolute Gasteiger partial charge is 0.257 e. The van der Waals surface area contributed by atoms with E-state index in [0.29, 0.717) is 18.1 Å². The molecule has 2 heterocycles. The van der Waals surface area contributed by atoms with Crippen LogP contribution in [0.5, 0.6) is 0 Å². The minimum absolute atomic E-state index is 0.119. The van der Waals surface area contributed by atoms with Gasteiger partial charge < -0.3 is 9.88 Å². The molecule has 5 heteroatoms. The number of carbonyl (C=O) groups is 1. The van der Waals surface area contributed by atoms with Crippen molar-refractivity contribution in [3.8, 4) is 0 Å². The number of rotatable bonds is 1. The van der Waals surface area contributed by atoms with Crippen molar-refractivity contribution in [1.82, 2.24) is 9.88 Å². The number of nitrogens with one attached hydrogen (secondary N) is 1. The lowest BCUT2D eigenvalue weighted by atomic mass is 10.0. The second-order valence-electron chi connectivity index (χ2n) is 5.73. The number of aromatic amines is 1. The fraction of sp³-hybridized carbons (Fsp3) is 0.167. The van der Waals surface area contributed by atoms with Gasteiger partial charge in [0, 0.05) is 46.7 Å². The molecular formula is C18H14ClFN2O. The summed E-state index contributed by atoms with van der Waals surface area (Å²) < 4.78 is 13.9. The Balaban J connectivity index is 1.71. The van der Waals surface area contributed by atoms with E-state index in [9.17, 15) is 9.18 Å². The number of benzene rings is 2. The van der Waals surface area contributed by atoms with Crippen LogP contribution in [0.3, 0.4) is 0 Å². The van der Waals surface area contributed by atoms with Crippen molar-refractivity contribution >= 4 is 28.4 Å². The number of H-pyrrole nitrogens is 1. The molecule has 3 nitrogen and oxygen atoms in total. The molecule has 0 saturated heterocycles. The van der Waals surface area contributed by atoms with E-state index < -0.39 is 5.82 Å². The number of fused-ring (bicyclic) bond motifs is 3. The molecule has 0 unspecified atom stereocenters. The van der Waals surface area contributed by atoms with Crippen LogP contribution >= 0.6 is 11.6 Å². The molecule has 0 aliphatic carbocycles. The molecule has 1 aliphatic heterocycles. The van der Waals surface area contributed by atoms with Crippen molar-refractivity contribution in [1.29, 1.82) is 0 Å². The number of amides is 1. The largest absolute Gasteiger partial charge is 0.358 e. The molecule has 0 spiro atoms. The average Bonchev–Trinajstić information content (AvgIpc) is 2.92. The summed E-state index contributed by atoms with van der Waals surface area (Å²) in [6.07, 6.45) is 0.724. The summed E-state index contributed by atoms with van der Waals surface area (Å²) in [6.45, 7) is 1.03. The van der Waals surface area contributed by atoms with Crippen LogP contribution in [-0.2, 0) is 13.0 Å². The van der Waals surface area contributed by atoms with Crippen LogP contribution in [0.1, 0.15) is 21.6 Å². The highest BCUT2D eigenvalue weighted by molar-refractivity contribution is 6.31. The minimum atomic E-state index is -0.481. The summed E-state index contributed by atoms with van der Waals surface area (Å²) in [5.74, 6) is -0.754. The zero-order valence-corrected chi connectivity index (χ0v) is 13.0. The fourth-order valence-corrected chi connectivity index (χ4v) is 3.34. The normalized spacial score (nSPS) is 14.1. The van der Waals surface area contributed by atoms with Crippen molar-refractivity contribution in [2.24, 2.45) is 0 Å². The molecule has 4 rings (SSSR count). The van der Waals surface area contributed by atoms with Crippen LogP contribution in [0.15, 0.2) is 42.5 Å². The van der Waals surface area contributed by atoms with E-state index in [-0.39, 0.29) is 11.5 Å². The van der Waals surface area contributed by atoms with Gasteiger partial charge in [-0.25, -0.2) is 4.39 Å². The van der Waals surface area contributed by atoms with Gasteiger partial charge in [0.25, 0.3) is 5.91 Å². The van der Waals surface area contributed by atoms with Crippen LogP contribution in [-0.4, -0.2) is 22.3 Å². The van der Waals surface area contributed by atoms with Gasteiger partial charge in [-0.3, -0.25) is 4.79 Å². The number of halogens is 2. The van der Waals surface area contributed by atoms with Crippen LogP contribution in [0.2, 0.25) is 5.02 Å². The molecule has 116 valence electrons. The number of carbonyl (C=O) groups excluding carboxylic acids is 1. The Morgan fingerprint density at radius 2 is 2.04 bits per heavy atom. The third kappa shape index (κ3) is 2.39. The van der Waals surface area contributed by atoms with E-state index in [0.717, 1.165) is 28.6 Å². The third-order valence-electron chi connectivity index (χ3n) is 4.33. The summed E-state index contributed by atoms with van der Waals surface area (Å²) in [5, 5.41) is 1.69. The molecule has 2 aromatic carbocycles. The van der Waals surface area contributed by atoms with Crippen molar-refractivity contribution in [2.75, 3.05) is 6.54 Å². The predicted molar refractivity (Wildman–Crippen MR) is 88.2 cm³/mol. The summed E-state index contributed by atoms with van der Waals surface area (Å²) >= 11 is 6.09. The summed E-state index contributed by atoms with van der Waals surface area (Å²) in [7, 11) is 0. The molecule has 1 amide bonds. The van der Waals surface area contributed by atoms with Gasteiger partial charge in [0.15, 0.2) is 0 Å². The lowest BCUT2D eigenvalue weighted by Gasteiger charge is -2.27. The first kappa shape index (κ1) is 14.3. The molecule has 23 heavy (non-hydrogen) atoms. The first-order valence-corrected chi connectivity index (χ1v) is 7.84. The molecule has 0 saturated carbocycles. The molecular weight excluding hydrogens is 315 g/mol. The highest BCUT2D eigenvalue weighted by atomic mass is 35.5. The zero-order valence-electron chi connectivity index (χ0n) is 12.3. The second-order valence-corrected chi connectivity index (χ2v) is 6.17.